The molecule has 2 aromatic carbocycles. The summed E-state index contributed by atoms with van der Waals surface area (Å²) < 4.78 is 16.1. The fourth-order valence-electron chi connectivity index (χ4n) is 4.81. The molecule has 1 aliphatic heterocycles. The fourth-order valence-corrected chi connectivity index (χ4v) is 4.81. The monoisotopic (exact) mass is 482 g/mol. The molecule has 4 rings (SSSR count). The average Bonchev–Trinajstić information content (AvgIpc) is 2.83. The van der Waals surface area contributed by atoms with E-state index in [0.29, 0.717) is 34.8 Å². The second kappa shape index (κ2) is 9.65. The maximum absolute atomic E-state index is 13.4. The van der Waals surface area contributed by atoms with Gasteiger partial charge in [0.25, 0.3) is 0 Å². The quantitative estimate of drug-likeness (QED) is 0.450. The summed E-state index contributed by atoms with van der Waals surface area (Å²) in [5, 5.41) is 24.6. The van der Waals surface area contributed by atoms with Crippen LogP contribution in [0.25, 0.3) is 0 Å². The van der Waals surface area contributed by atoms with Crippen molar-refractivity contribution in [2.24, 2.45) is 0 Å². The number of allylic oxidation sites excluding steroid dienone is 2. The molecule has 10 nitrogen and oxygen atoms in total. The third-order valence-corrected chi connectivity index (χ3v) is 6.39. The van der Waals surface area contributed by atoms with Crippen LogP contribution in [0.2, 0.25) is 0 Å². The minimum atomic E-state index is -0.713. The number of hydrogen-bond acceptors (Lipinski definition) is 8. The molecule has 0 radical (unpaired) electrons. The van der Waals surface area contributed by atoms with Crippen LogP contribution in [0.4, 0.5) is 5.69 Å². The van der Waals surface area contributed by atoms with Gasteiger partial charge in [-0.25, -0.2) is 0 Å². The van der Waals surface area contributed by atoms with Crippen molar-refractivity contribution in [2.75, 3.05) is 20.8 Å². The predicted molar refractivity (Wildman–Crippen MR) is 125 cm³/mol. The molecule has 35 heavy (non-hydrogen) atoms. The second-order valence-corrected chi connectivity index (χ2v) is 8.42. The van der Waals surface area contributed by atoms with E-state index in [4.69, 9.17) is 14.2 Å². The van der Waals surface area contributed by atoms with E-state index in [9.17, 15) is 24.8 Å². The molecule has 1 amide bonds. The number of phenols is 1. The number of ketones is 1. The molecule has 0 fully saturated rings. The van der Waals surface area contributed by atoms with Crippen LogP contribution in [0.3, 0.4) is 0 Å². The zero-order valence-electron chi connectivity index (χ0n) is 19.6. The number of ether oxygens (including phenoxy) is 3. The molecule has 1 aliphatic carbocycles. The van der Waals surface area contributed by atoms with Gasteiger partial charge >= 0.3 is 5.69 Å². The molecule has 2 N–H and O–H groups in total. The van der Waals surface area contributed by atoms with Crippen LogP contribution in [0, 0.1) is 10.1 Å². The number of aromatic hydroxyl groups is 1. The molecule has 0 saturated carbocycles. The molecule has 0 spiro atoms. The number of nitro groups is 1. The van der Waals surface area contributed by atoms with Crippen molar-refractivity contribution in [3.63, 3.8) is 0 Å². The molecular weight excluding hydrogens is 456 g/mol. The first kappa shape index (κ1) is 24.1. The van der Waals surface area contributed by atoms with Crippen molar-refractivity contribution in [3.05, 3.63) is 62.8 Å². The lowest BCUT2D eigenvalue weighted by Gasteiger charge is -2.34. The molecule has 1 heterocycles. The summed E-state index contributed by atoms with van der Waals surface area (Å²) in [4.78, 5) is 36.8. The number of nitrogens with zero attached hydrogens (tertiary/aromatic N) is 1. The Kier molecular flexibility index (Phi) is 6.63. The number of phenolic OH excluding ortho intramolecular Hbond substituents is 1. The molecule has 2 atom stereocenters. The number of carbonyl (C=O) groups excluding carboxylic acids is 2. The Balaban J connectivity index is 1.75. The number of hydrogen-bond donors (Lipinski definition) is 2. The Morgan fingerprint density at radius 1 is 1.03 bits per heavy atom. The Labute approximate surface area is 201 Å². The van der Waals surface area contributed by atoms with Crippen LogP contribution in [-0.4, -0.2) is 42.5 Å². The lowest BCUT2D eigenvalue weighted by molar-refractivity contribution is -0.386. The number of Topliss-reactive ketones (excluding diaryl/α,β-unsaturated/α-hetero) is 1. The summed E-state index contributed by atoms with van der Waals surface area (Å²) in [6.07, 6.45) is 0.579. The van der Waals surface area contributed by atoms with Gasteiger partial charge in [-0.2, -0.15) is 0 Å². The van der Waals surface area contributed by atoms with E-state index in [-0.39, 0.29) is 42.8 Å². The number of amides is 1. The topological polar surface area (TPSA) is 137 Å². The highest BCUT2D eigenvalue weighted by atomic mass is 16.6. The highest BCUT2D eigenvalue weighted by Gasteiger charge is 2.39. The first-order valence-electron chi connectivity index (χ1n) is 11.2. The summed E-state index contributed by atoms with van der Waals surface area (Å²) in [7, 11) is 3.08. The Hall–Kier alpha value is -4.08. The van der Waals surface area contributed by atoms with Crippen molar-refractivity contribution in [1.29, 1.82) is 0 Å². The lowest BCUT2D eigenvalue weighted by atomic mass is 9.73. The van der Waals surface area contributed by atoms with Gasteiger partial charge in [-0.05, 0) is 48.6 Å². The van der Waals surface area contributed by atoms with Gasteiger partial charge in [-0.1, -0.05) is 6.07 Å². The van der Waals surface area contributed by atoms with Gasteiger partial charge in [0.15, 0.2) is 23.0 Å². The van der Waals surface area contributed by atoms with Gasteiger partial charge in [0, 0.05) is 36.1 Å². The number of carbonyl (C=O) groups is 2. The third-order valence-electron chi connectivity index (χ3n) is 6.39. The molecular formula is C25H26N2O8. The largest absolute Gasteiger partial charge is 0.500 e. The SMILES string of the molecule is CCOc1cc([C@H]2CC(=O)NC3=C2C(=O)C[C@H](c2ccc(OC)c(OC)c2)C3)cc([N+](=O)[O-])c1O. The zero-order valence-corrected chi connectivity index (χ0v) is 19.6. The number of nitro benzene ring substituents is 1. The van der Waals surface area contributed by atoms with E-state index in [2.05, 4.69) is 5.32 Å². The smallest absolute Gasteiger partial charge is 0.314 e. The first-order chi connectivity index (χ1) is 16.8. The van der Waals surface area contributed by atoms with Gasteiger partial charge in [0.1, 0.15) is 0 Å². The van der Waals surface area contributed by atoms with Crippen LogP contribution >= 0.6 is 0 Å². The van der Waals surface area contributed by atoms with Gasteiger partial charge in [-0.3, -0.25) is 19.7 Å². The minimum absolute atomic E-state index is 0.0426. The molecule has 10 heteroatoms. The molecule has 184 valence electrons. The number of methoxy groups -OCH3 is 2. The van der Waals surface area contributed by atoms with Crippen molar-refractivity contribution in [3.8, 4) is 23.0 Å². The molecule has 0 unspecified atom stereocenters. The van der Waals surface area contributed by atoms with Gasteiger partial charge in [0.2, 0.25) is 11.7 Å². The Morgan fingerprint density at radius 2 is 1.74 bits per heavy atom. The standard InChI is InChI=1S/C25H26N2O8/c1-4-35-22-11-15(8-18(25(22)30)27(31)32)16-12-23(29)26-17-7-14(9-19(28)24(16)17)13-5-6-20(33-2)21(10-13)34-3/h5-6,8,10-11,14,16,30H,4,7,9,12H2,1-3H3,(H,26,29)/t14-,16-/m1/s1. The second-order valence-electron chi connectivity index (χ2n) is 8.42. The highest BCUT2D eigenvalue weighted by molar-refractivity contribution is 6.02. The van der Waals surface area contributed by atoms with Crippen LogP contribution < -0.4 is 19.5 Å². The van der Waals surface area contributed by atoms with Crippen LogP contribution in [0.15, 0.2) is 41.6 Å². The van der Waals surface area contributed by atoms with E-state index < -0.39 is 22.3 Å². The van der Waals surface area contributed by atoms with Crippen LogP contribution in [0.1, 0.15) is 49.1 Å². The first-order valence-corrected chi connectivity index (χ1v) is 11.2. The fraction of sp³-hybridized carbons (Fsp3) is 0.360. The summed E-state index contributed by atoms with van der Waals surface area (Å²) in [5.74, 6) is -0.835. The molecule has 0 saturated heterocycles. The lowest BCUT2D eigenvalue weighted by Crippen LogP contribution is -2.38. The maximum atomic E-state index is 13.4. The van der Waals surface area contributed by atoms with Crippen molar-refractivity contribution in [1.82, 2.24) is 5.32 Å². The summed E-state index contributed by atoms with van der Waals surface area (Å²) in [6.45, 7) is 1.87. The minimum Gasteiger partial charge on any atom is -0.500 e. The molecule has 2 aromatic rings. The summed E-state index contributed by atoms with van der Waals surface area (Å²) in [5.41, 5.74) is 1.65. The highest BCUT2D eigenvalue weighted by Crippen LogP contribution is 2.46. The van der Waals surface area contributed by atoms with Crippen molar-refractivity contribution < 1.29 is 33.8 Å². The van der Waals surface area contributed by atoms with Crippen molar-refractivity contribution in [2.45, 2.75) is 38.0 Å². The average molecular weight is 482 g/mol. The normalized spacial score (nSPS) is 19.6. The number of benzene rings is 2. The Bertz CT molecular complexity index is 1240. The zero-order chi connectivity index (χ0) is 25.3. The molecule has 0 aromatic heterocycles. The van der Waals surface area contributed by atoms with E-state index in [1.807, 2.05) is 12.1 Å². The van der Waals surface area contributed by atoms with Gasteiger partial charge in [-0.15, -0.1) is 0 Å². The maximum Gasteiger partial charge on any atom is 0.314 e. The van der Waals surface area contributed by atoms with Crippen LogP contribution in [0.5, 0.6) is 23.0 Å². The number of rotatable bonds is 7. The molecule has 0 bridgehead atoms. The van der Waals surface area contributed by atoms with E-state index >= 15 is 0 Å². The summed E-state index contributed by atoms with van der Waals surface area (Å²) in [6, 6.07) is 8.13. The number of nitrogens with one attached hydrogen (secondary N) is 1. The van der Waals surface area contributed by atoms with E-state index in [1.165, 1.54) is 19.2 Å². The Morgan fingerprint density at radius 3 is 2.40 bits per heavy atom. The third kappa shape index (κ3) is 4.51. The predicted octanol–water partition coefficient (Wildman–Crippen LogP) is 3.72. The molecule has 2 aliphatic rings. The summed E-state index contributed by atoms with van der Waals surface area (Å²) >= 11 is 0. The van der Waals surface area contributed by atoms with Crippen LogP contribution in [-0.2, 0) is 9.59 Å². The van der Waals surface area contributed by atoms with Gasteiger partial charge in [0.05, 0.1) is 25.7 Å². The van der Waals surface area contributed by atoms with E-state index in [0.717, 1.165) is 5.56 Å². The van der Waals surface area contributed by atoms with Gasteiger partial charge < -0.3 is 24.6 Å². The van der Waals surface area contributed by atoms with E-state index in [1.54, 1.807) is 20.1 Å². The van der Waals surface area contributed by atoms with Crippen molar-refractivity contribution >= 4 is 17.4 Å².